The lowest BCUT2D eigenvalue weighted by molar-refractivity contribution is -0.153. The summed E-state index contributed by atoms with van der Waals surface area (Å²) in [4.78, 5) is 19.6. The Labute approximate surface area is 122 Å². The molecule has 2 atom stereocenters. The van der Waals surface area contributed by atoms with Crippen molar-refractivity contribution in [3.63, 3.8) is 0 Å². The van der Waals surface area contributed by atoms with E-state index in [-0.39, 0.29) is 19.1 Å². The fraction of sp³-hybridized carbons (Fsp3) is 0.357. The third-order valence-electron chi connectivity index (χ3n) is 2.95. The minimum Gasteiger partial charge on any atom is -0.479 e. The van der Waals surface area contributed by atoms with Crippen molar-refractivity contribution in [1.29, 1.82) is 0 Å². The van der Waals surface area contributed by atoms with E-state index in [1.54, 1.807) is 30.2 Å². The van der Waals surface area contributed by atoms with Crippen LogP contribution < -0.4 is 5.73 Å². The lowest BCUT2D eigenvalue weighted by Gasteiger charge is -2.17. The predicted octanol–water partition coefficient (Wildman–Crippen LogP) is 0.627. The van der Waals surface area contributed by atoms with Crippen LogP contribution in [0.25, 0.3) is 5.82 Å². The van der Waals surface area contributed by atoms with E-state index in [0.29, 0.717) is 5.69 Å². The zero-order valence-corrected chi connectivity index (χ0v) is 11.7. The van der Waals surface area contributed by atoms with Crippen LogP contribution in [0.15, 0.2) is 36.9 Å². The average Bonchev–Trinajstić information content (AvgIpc) is 2.95. The summed E-state index contributed by atoms with van der Waals surface area (Å²) in [7, 11) is 0. The van der Waals surface area contributed by atoms with Crippen LogP contribution in [0, 0.1) is 0 Å². The number of imidazole rings is 1. The topological polar surface area (TPSA) is 103 Å². The molecular formula is C14H18N4O3. The Morgan fingerprint density at radius 2 is 2.29 bits per heavy atom. The van der Waals surface area contributed by atoms with Crippen LogP contribution in [0.5, 0.6) is 0 Å². The summed E-state index contributed by atoms with van der Waals surface area (Å²) in [6.07, 6.45) is 3.93. The number of nitrogens with two attached hydrogens (primary N) is 1. The number of hydrogen-bond acceptors (Lipinski definition) is 5. The van der Waals surface area contributed by atoms with Crippen molar-refractivity contribution in [3.05, 3.63) is 42.6 Å². The fourth-order valence-electron chi connectivity index (χ4n) is 1.82. The molecule has 0 radical (unpaired) electrons. The van der Waals surface area contributed by atoms with Crippen LogP contribution >= 0.6 is 0 Å². The van der Waals surface area contributed by atoms with Gasteiger partial charge in [-0.15, -0.1) is 0 Å². The lowest BCUT2D eigenvalue weighted by atomic mass is 10.2. The molecule has 2 aromatic rings. The number of hydrogen-bond donors (Lipinski definition) is 2. The first kappa shape index (κ1) is 15.1. The standard InChI is InChI=1S/C14H18N4O3/c1-10(7-15)21-12(14(19)20)6-11-8-18(9-17-11)13-4-2-3-5-16-13/h2-5,8-10,12H,6-7,15H2,1H3,(H,19,20)/t10-,12+/m1/s1. The minimum absolute atomic E-state index is 0.180. The molecule has 2 aromatic heterocycles. The number of aromatic nitrogens is 3. The van der Waals surface area contributed by atoms with Crippen LogP contribution in [0.2, 0.25) is 0 Å². The summed E-state index contributed by atoms with van der Waals surface area (Å²) < 4.78 is 7.13. The van der Waals surface area contributed by atoms with Gasteiger partial charge in [0.15, 0.2) is 6.10 Å². The molecule has 0 amide bonds. The van der Waals surface area contributed by atoms with Gasteiger partial charge in [0.2, 0.25) is 0 Å². The quantitative estimate of drug-likeness (QED) is 0.775. The second kappa shape index (κ2) is 6.96. The summed E-state index contributed by atoms with van der Waals surface area (Å²) in [6, 6.07) is 5.53. The van der Waals surface area contributed by atoms with Gasteiger partial charge in [0.05, 0.1) is 11.8 Å². The summed E-state index contributed by atoms with van der Waals surface area (Å²) >= 11 is 0. The number of carboxylic acid groups (broad SMARTS) is 1. The second-order valence-corrected chi connectivity index (χ2v) is 4.67. The first-order valence-corrected chi connectivity index (χ1v) is 6.62. The Balaban J connectivity index is 2.08. The average molecular weight is 290 g/mol. The largest absolute Gasteiger partial charge is 0.479 e. The van der Waals surface area contributed by atoms with Crippen molar-refractivity contribution >= 4 is 5.97 Å². The van der Waals surface area contributed by atoms with Gasteiger partial charge < -0.3 is 15.6 Å². The fourth-order valence-corrected chi connectivity index (χ4v) is 1.82. The van der Waals surface area contributed by atoms with E-state index in [9.17, 15) is 9.90 Å². The molecule has 0 fully saturated rings. The molecule has 0 saturated carbocycles. The van der Waals surface area contributed by atoms with E-state index in [1.165, 1.54) is 0 Å². The van der Waals surface area contributed by atoms with Crippen molar-refractivity contribution in [2.24, 2.45) is 5.73 Å². The second-order valence-electron chi connectivity index (χ2n) is 4.67. The summed E-state index contributed by atoms with van der Waals surface area (Å²) in [5.41, 5.74) is 6.07. The van der Waals surface area contributed by atoms with E-state index in [4.69, 9.17) is 10.5 Å². The molecule has 0 spiro atoms. The number of rotatable bonds is 7. The summed E-state index contributed by atoms with van der Waals surface area (Å²) in [6.45, 7) is 2.01. The molecule has 21 heavy (non-hydrogen) atoms. The highest BCUT2D eigenvalue weighted by Crippen LogP contribution is 2.10. The molecule has 0 bridgehead atoms. The Morgan fingerprint density at radius 3 is 2.90 bits per heavy atom. The van der Waals surface area contributed by atoms with Crippen LogP contribution in [0.4, 0.5) is 0 Å². The first-order valence-electron chi connectivity index (χ1n) is 6.62. The van der Waals surface area contributed by atoms with Gasteiger partial charge in [-0.05, 0) is 19.1 Å². The van der Waals surface area contributed by atoms with Gasteiger partial charge in [-0.2, -0.15) is 0 Å². The zero-order valence-electron chi connectivity index (χ0n) is 11.7. The maximum atomic E-state index is 11.2. The van der Waals surface area contributed by atoms with Gasteiger partial charge in [0.1, 0.15) is 12.1 Å². The number of nitrogens with zero attached hydrogens (tertiary/aromatic N) is 3. The Bertz CT molecular complexity index is 585. The van der Waals surface area contributed by atoms with Crippen molar-refractivity contribution in [1.82, 2.24) is 14.5 Å². The molecule has 0 aromatic carbocycles. The molecule has 0 aliphatic carbocycles. The maximum Gasteiger partial charge on any atom is 0.333 e. The van der Waals surface area contributed by atoms with Gasteiger partial charge in [-0.3, -0.25) is 4.57 Å². The number of aliphatic carboxylic acids is 1. The third-order valence-corrected chi connectivity index (χ3v) is 2.95. The van der Waals surface area contributed by atoms with Crippen molar-refractivity contribution in [3.8, 4) is 5.82 Å². The molecule has 0 aliphatic heterocycles. The highest BCUT2D eigenvalue weighted by molar-refractivity contribution is 5.72. The molecule has 7 heteroatoms. The van der Waals surface area contributed by atoms with E-state index in [0.717, 1.165) is 5.82 Å². The van der Waals surface area contributed by atoms with E-state index in [2.05, 4.69) is 9.97 Å². The predicted molar refractivity (Wildman–Crippen MR) is 76.1 cm³/mol. The molecule has 0 unspecified atom stereocenters. The van der Waals surface area contributed by atoms with E-state index in [1.807, 2.05) is 18.2 Å². The highest BCUT2D eigenvalue weighted by atomic mass is 16.5. The zero-order chi connectivity index (χ0) is 15.2. The van der Waals surface area contributed by atoms with Gasteiger partial charge in [0, 0.05) is 25.4 Å². The van der Waals surface area contributed by atoms with Gasteiger partial charge in [-0.25, -0.2) is 14.8 Å². The normalized spacial score (nSPS) is 13.8. The number of ether oxygens (including phenoxy) is 1. The lowest BCUT2D eigenvalue weighted by Crippen LogP contribution is -2.33. The Kier molecular flexibility index (Phi) is 5.02. The van der Waals surface area contributed by atoms with Crippen molar-refractivity contribution < 1.29 is 14.6 Å². The molecular weight excluding hydrogens is 272 g/mol. The molecule has 0 saturated heterocycles. The Hall–Kier alpha value is -2.25. The van der Waals surface area contributed by atoms with Crippen LogP contribution in [-0.4, -0.2) is 44.4 Å². The molecule has 3 N–H and O–H groups in total. The number of pyridine rings is 1. The minimum atomic E-state index is -1.03. The summed E-state index contributed by atoms with van der Waals surface area (Å²) in [5.74, 6) is -0.304. The van der Waals surface area contributed by atoms with Crippen molar-refractivity contribution in [2.45, 2.75) is 25.6 Å². The number of carboxylic acids is 1. The van der Waals surface area contributed by atoms with Crippen LogP contribution in [0.1, 0.15) is 12.6 Å². The Morgan fingerprint density at radius 1 is 1.48 bits per heavy atom. The van der Waals surface area contributed by atoms with Gasteiger partial charge >= 0.3 is 5.97 Å². The molecule has 0 aliphatic rings. The summed E-state index contributed by atoms with van der Waals surface area (Å²) in [5, 5.41) is 9.19. The van der Waals surface area contributed by atoms with Crippen LogP contribution in [0.3, 0.4) is 0 Å². The molecule has 2 rings (SSSR count). The van der Waals surface area contributed by atoms with Crippen molar-refractivity contribution in [2.75, 3.05) is 6.54 Å². The third kappa shape index (κ3) is 4.11. The molecule has 2 heterocycles. The molecule has 112 valence electrons. The maximum absolute atomic E-state index is 11.2. The van der Waals surface area contributed by atoms with Gasteiger partial charge in [-0.1, -0.05) is 6.07 Å². The van der Waals surface area contributed by atoms with Gasteiger partial charge in [0.25, 0.3) is 0 Å². The smallest absolute Gasteiger partial charge is 0.333 e. The van der Waals surface area contributed by atoms with E-state index >= 15 is 0 Å². The number of carbonyl (C=O) groups is 1. The molecule has 7 nitrogen and oxygen atoms in total. The first-order chi connectivity index (χ1) is 10.1. The highest BCUT2D eigenvalue weighted by Gasteiger charge is 2.22. The van der Waals surface area contributed by atoms with E-state index < -0.39 is 12.1 Å². The SMILES string of the molecule is C[C@H](CN)O[C@@H](Cc1cn(-c2ccccn2)cn1)C(=O)O. The monoisotopic (exact) mass is 290 g/mol. The van der Waals surface area contributed by atoms with Crippen LogP contribution in [-0.2, 0) is 16.0 Å².